The van der Waals surface area contributed by atoms with Crippen LogP contribution in [0.2, 0.25) is 0 Å². The molecule has 0 radical (unpaired) electrons. The highest BCUT2D eigenvalue weighted by Gasteiger charge is 2.53. The van der Waals surface area contributed by atoms with E-state index in [1.807, 2.05) is 63.4 Å². The number of nitrogens with zero attached hydrogens (tertiary/aromatic N) is 6. The van der Waals surface area contributed by atoms with E-state index in [0.717, 1.165) is 32.5 Å². The zero-order chi connectivity index (χ0) is 79.6. The van der Waals surface area contributed by atoms with E-state index in [1.165, 1.54) is 35.5 Å². The zero-order valence-corrected chi connectivity index (χ0v) is 64.8. The number of carbonyl (C=O) groups excluding carboxylic acids is 12. The number of methoxy groups -OCH3 is 2. The number of thiazole rings is 1. The van der Waals surface area contributed by atoms with Crippen LogP contribution in [0.1, 0.15) is 140 Å². The minimum absolute atomic E-state index is 0.0186. The number of nitrogens with two attached hydrogens (primary N) is 1. The van der Waals surface area contributed by atoms with Gasteiger partial charge in [0.1, 0.15) is 35.8 Å². The first-order chi connectivity index (χ1) is 52.1. The number of likely N-dealkylation sites (tertiary alicyclic amines) is 2. The fourth-order valence-corrected chi connectivity index (χ4v) is 15.3. The summed E-state index contributed by atoms with van der Waals surface area (Å²) >= 11 is 1.46. The van der Waals surface area contributed by atoms with Crippen molar-refractivity contribution in [1.82, 2.24) is 56.1 Å². The Hall–Kier alpha value is -9.95. The lowest BCUT2D eigenvalue weighted by Crippen LogP contribution is -2.60. The summed E-state index contributed by atoms with van der Waals surface area (Å²) in [7, 11) is 4.70. The number of primary amides is 1. The van der Waals surface area contributed by atoms with Crippen LogP contribution in [0, 0.1) is 54.3 Å². The van der Waals surface area contributed by atoms with E-state index in [1.54, 1.807) is 57.0 Å². The molecule has 2 bridgehead atoms. The molecule has 2 saturated heterocycles. The van der Waals surface area contributed by atoms with Crippen LogP contribution in [0.5, 0.6) is 0 Å². The number of benzene rings is 2. The van der Waals surface area contributed by atoms with Crippen molar-refractivity contribution in [3.63, 3.8) is 0 Å². The van der Waals surface area contributed by atoms with Gasteiger partial charge < -0.3 is 71.1 Å². The Labute approximate surface area is 642 Å². The van der Waals surface area contributed by atoms with Crippen LogP contribution in [-0.2, 0) is 86.4 Å². The zero-order valence-electron chi connectivity index (χ0n) is 64.0. The van der Waals surface area contributed by atoms with Gasteiger partial charge >= 0.3 is 18.2 Å². The molecule has 1 aliphatic carbocycles. The number of rotatable bonds is 41. The second kappa shape index (κ2) is 42.1. The lowest BCUT2D eigenvalue weighted by atomic mass is 9.89. The molecular weight excluding hydrogens is 1420 g/mol. The number of aromatic nitrogens is 1. The van der Waals surface area contributed by atoms with Gasteiger partial charge in [-0.25, -0.2) is 19.4 Å². The van der Waals surface area contributed by atoms with Crippen molar-refractivity contribution in [2.24, 2.45) is 35.3 Å². The fourth-order valence-electron chi connectivity index (χ4n) is 14.7. The second-order valence-electron chi connectivity index (χ2n) is 28.7. The predicted octanol–water partition coefficient (Wildman–Crippen LogP) is 5.34. The van der Waals surface area contributed by atoms with Gasteiger partial charge in [0.15, 0.2) is 6.61 Å². The van der Waals surface area contributed by atoms with E-state index in [9.17, 15) is 52.7 Å². The minimum Gasteiger partial charge on any atom is -0.445 e. The van der Waals surface area contributed by atoms with Gasteiger partial charge in [-0.05, 0) is 104 Å². The number of anilines is 1. The summed E-state index contributed by atoms with van der Waals surface area (Å²) in [6, 6.07) is 7.17. The molecule has 8 N–H and O–H groups in total. The molecule has 4 heterocycles. The molecule has 592 valence electrons. The van der Waals surface area contributed by atoms with Gasteiger partial charge in [-0.15, -0.1) is 24.2 Å². The van der Waals surface area contributed by atoms with Gasteiger partial charge in [0, 0.05) is 76.2 Å². The smallest absolute Gasteiger partial charge is 0.411 e. The maximum atomic E-state index is 15.2. The third-order valence-electron chi connectivity index (χ3n) is 20.6. The molecule has 0 unspecified atom stereocenters. The van der Waals surface area contributed by atoms with Crippen LogP contribution in [-0.4, -0.2) is 223 Å². The van der Waals surface area contributed by atoms with E-state index in [2.05, 4.69) is 48.7 Å². The molecule has 2 aromatic carbocycles. The number of ether oxygens (including phenoxy) is 5. The predicted molar refractivity (Wildman–Crippen MR) is 404 cm³/mol. The van der Waals surface area contributed by atoms with Crippen molar-refractivity contribution in [3.05, 3.63) is 94.0 Å². The van der Waals surface area contributed by atoms with Crippen molar-refractivity contribution in [2.75, 3.05) is 72.6 Å². The molecular formula is C78H107N13O17S. The van der Waals surface area contributed by atoms with Gasteiger partial charge in [0.2, 0.25) is 41.4 Å². The van der Waals surface area contributed by atoms with E-state index >= 15 is 4.79 Å². The molecule has 0 spiro atoms. The van der Waals surface area contributed by atoms with Gasteiger partial charge in [0.25, 0.3) is 11.8 Å². The Balaban J connectivity index is 1.03. The maximum absolute atomic E-state index is 15.2. The average Bonchev–Trinajstić information content (AvgIpc) is 1.62. The first kappa shape index (κ1) is 86.3. The van der Waals surface area contributed by atoms with E-state index in [0.29, 0.717) is 62.6 Å². The third-order valence-corrected chi connectivity index (χ3v) is 21.5. The topological polar surface area (TPSA) is 378 Å². The largest absolute Gasteiger partial charge is 0.445 e. The highest BCUT2D eigenvalue weighted by Crippen LogP contribution is 2.43. The van der Waals surface area contributed by atoms with Crippen LogP contribution < -0.4 is 37.6 Å². The molecule has 109 heavy (non-hydrogen) atoms. The number of terminal acetylenes is 2. The molecule has 3 aromatic rings. The van der Waals surface area contributed by atoms with Crippen LogP contribution in [0.3, 0.4) is 0 Å². The normalized spacial score (nSPS) is 18.9. The number of nitrogens with one attached hydrogen (secondary N) is 6. The summed E-state index contributed by atoms with van der Waals surface area (Å²) in [6.45, 7) is 11.7. The Bertz CT molecular complexity index is 3750. The van der Waals surface area contributed by atoms with E-state index in [-0.39, 0.29) is 107 Å². The first-order valence-electron chi connectivity index (χ1n) is 37.2. The fraction of sp³-hybridized carbons (Fsp3) is 0.577. The number of fused-ring (bicyclic) bond motifs is 2. The molecule has 3 fully saturated rings. The Kier molecular flexibility index (Phi) is 33.4. The summed E-state index contributed by atoms with van der Waals surface area (Å²) in [5.74, 6) is -1.82. The summed E-state index contributed by atoms with van der Waals surface area (Å²) < 4.78 is 29.1. The minimum atomic E-state index is -1.28. The highest BCUT2D eigenvalue weighted by atomic mass is 32.1. The maximum Gasteiger partial charge on any atom is 0.411 e. The molecule has 7 rings (SSSR count). The van der Waals surface area contributed by atoms with Crippen molar-refractivity contribution in [3.8, 4) is 24.7 Å². The Morgan fingerprint density at radius 2 is 1.54 bits per heavy atom. The van der Waals surface area contributed by atoms with Gasteiger partial charge in [-0.2, -0.15) is 0 Å². The lowest BCUT2D eigenvalue weighted by Gasteiger charge is -2.41. The van der Waals surface area contributed by atoms with Crippen LogP contribution in [0.15, 0.2) is 72.3 Å². The number of likely N-dealkylation sites (N-methyl/N-ethyl adjacent to an activating group) is 1. The molecule has 1 saturated carbocycles. The molecule has 3 aliphatic heterocycles. The summed E-state index contributed by atoms with van der Waals surface area (Å²) in [6.07, 6.45) is 15.9. The van der Waals surface area contributed by atoms with Crippen molar-refractivity contribution >= 4 is 88.4 Å². The number of hydrogen-bond acceptors (Lipinski definition) is 19. The van der Waals surface area contributed by atoms with E-state index < -0.39 is 138 Å². The highest BCUT2D eigenvalue weighted by molar-refractivity contribution is 7.09. The molecule has 13 amide bonds. The monoisotopic (exact) mass is 1530 g/mol. The average molecular weight is 1530 g/mol. The molecule has 4 aliphatic rings. The number of carbonyl (C=O) groups is 12. The third kappa shape index (κ3) is 23.8. The quantitative estimate of drug-likeness (QED) is 0.0214. The standard InChI is InChI=1S/C78H107N13O17S/c1-13-34-88(77(102)107-37-14-2)45-54-42-55(82-71(97)57(23-19-32-81-76(79)101)83-72(98)65(47(4)5)85-61(92)31-38-106-39-36-90-62(93)29-30-63(90)94)27-25-53(54)46-108-78(103)91-56-28-26-52(43-56)68(91)73(99)86-66(48(6)7)75(100)87(10)67(49(8)15-3)60(104-11)44-64(95)89-35-20-24-59(89)69(105-12)50(9)70(96)84-58(74-80-33-40-109-74)41-51-21-17-16-18-22-51/h1-2,16-18,21-22,25,27,29-30,33,40,42,47-50,52,56-60,65-69H,15,19-20,23-24,26,28,31-32,34-39,41,43-46H2,3-12H3,(H,82,97)(H,83,98)(H,84,96)(H,85,92)(H,86,99)(H3,79,81,101)/t49-,50+,52-,56+,57-,58-,59-,60+,65-,66-,67-,68-,69+/m0/s1. The van der Waals surface area contributed by atoms with Crippen LogP contribution in [0.4, 0.5) is 20.1 Å². The molecule has 30 nitrogen and oxygen atoms in total. The molecule has 13 atom stereocenters. The molecule has 1 aromatic heterocycles. The van der Waals surface area contributed by atoms with Crippen molar-refractivity contribution in [1.29, 1.82) is 0 Å². The summed E-state index contributed by atoms with van der Waals surface area (Å²) in [5.41, 5.74) is 7.15. The SMILES string of the molecule is C#CCOC(=O)N(CC#C)Cc1cc(NC(=O)[C@H](CCCNC(N)=O)NC(=O)[C@@H](NC(=O)CCOCCN2C(=O)C=CC2=O)C(C)C)ccc1COC(=O)N1[C@@H]2CC[C@@H](C2)[C@H]1C(=O)N[C@H](C(=O)N(C)[C@@H]([C@@H](C)CC)[C@@H](CC(=O)N1CCC[C@H]1[C@H](OC)[C@@H](C)C(=O)N[C@@H](Cc1ccccc1)c1nccs1)OC)C(C)C. The van der Waals surface area contributed by atoms with Crippen molar-refractivity contribution < 1.29 is 81.2 Å². The number of hydrogen-bond donors (Lipinski definition) is 7. The number of imide groups is 1. The Morgan fingerprint density at radius 1 is 0.817 bits per heavy atom. The van der Waals surface area contributed by atoms with Crippen molar-refractivity contribution in [2.45, 2.75) is 193 Å². The second-order valence-corrected chi connectivity index (χ2v) is 29.6. The lowest BCUT2D eigenvalue weighted by molar-refractivity contribution is -0.148. The summed E-state index contributed by atoms with van der Waals surface area (Å²) in [4.78, 5) is 176. The first-order valence-corrected chi connectivity index (χ1v) is 38.1. The van der Waals surface area contributed by atoms with Gasteiger partial charge in [-0.1, -0.05) is 103 Å². The number of amides is 13. The summed E-state index contributed by atoms with van der Waals surface area (Å²) in [5, 5.41) is 19.6. The van der Waals surface area contributed by atoms with Crippen LogP contribution >= 0.6 is 11.3 Å². The molecule has 31 heteroatoms. The Morgan fingerprint density at radius 3 is 2.18 bits per heavy atom. The van der Waals surface area contributed by atoms with Gasteiger partial charge in [0.05, 0.1) is 75.5 Å². The van der Waals surface area contributed by atoms with E-state index in [4.69, 9.17) is 42.3 Å². The number of piperidine rings is 1. The van der Waals surface area contributed by atoms with Gasteiger partial charge in [-0.3, -0.25) is 57.9 Å². The van der Waals surface area contributed by atoms with Crippen LogP contribution in [0.25, 0.3) is 0 Å². The number of urea groups is 1.